The van der Waals surface area contributed by atoms with Crippen molar-refractivity contribution in [2.45, 2.75) is 50.6 Å². The first-order valence-corrected chi connectivity index (χ1v) is 11.0. The second kappa shape index (κ2) is 8.76. The molecule has 7 nitrogen and oxygen atoms in total. The van der Waals surface area contributed by atoms with Crippen molar-refractivity contribution < 1.29 is 19.1 Å². The van der Waals surface area contributed by atoms with Crippen LogP contribution in [-0.2, 0) is 13.0 Å². The van der Waals surface area contributed by atoms with Crippen LogP contribution in [0.15, 0.2) is 65.4 Å². The number of ether oxygens (including phenoxy) is 1. The predicted molar refractivity (Wildman–Crippen MR) is 118 cm³/mol. The molecule has 1 amide bonds. The lowest BCUT2D eigenvalue weighted by atomic mass is 9.97. The number of aromatic nitrogens is 1. The second-order valence-corrected chi connectivity index (χ2v) is 8.51. The second-order valence-electron chi connectivity index (χ2n) is 8.51. The third-order valence-electron chi connectivity index (χ3n) is 6.52. The Bertz CT molecular complexity index is 1080. The van der Waals surface area contributed by atoms with Crippen LogP contribution < -0.4 is 10.1 Å². The number of nitrogens with zero attached hydrogens (tertiary/aromatic N) is 2. The van der Waals surface area contributed by atoms with Crippen LogP contribution in [0, 0.1) is 6.92 Å². The molecule has 5 rings (SSSR count). The molecule has 0 saturated heterocycles. The molecule has 1 aliphatic carbocycles. The molecule has 2 N–H and O–H groups in total. The fourth-order valence-electron chi connectivity index (χ4n) is 4.93. The Labute approximate surface area is 187 Å². The van der Waals surface area contributed by atoms with Crippen molar-refractivity contribution in [3.8, 4) is 5.75 Å². The number of aliphatic hydroxyl groups is 1. The first-order chi connectivity index (χ1) is 15.6. The van der Waals surface area contributed by atoms with E-state index in [9.17, 15) is 9.90 Å². The van der Waals surface area contributed by atoms with Gasteiger partial charge in [-0.15, -0.1) is 0 Å². The fourth-order valence-corrected chi connectivity index (χ4v) is 4.93. The third-order valence-corrected chi connectivity index (χ3v) is 6.52. The number of para-hydroxylation sites is 1. The maximum atomic E-state index is 12.9. The molecule has 4 atom stereocenters. The van der Waals surface area contributed by atoms with Gasteiger partial charge in [-0.2, -0.15) is 0 Å². The molecule has 0 radical (unpaired) electrons. The fraction of sp³-hybridized carbons (Fsp3) is 0.360. The summed E-state index contributed by atoms with van der Waals surface area (Å²) in [6, 6.07) is 17.3. The topological polar surface area (TPSA) is 87.8 Å². The molecule has 3 aromatic rings. The number of amides is 1. The lowest BCUT2D eigenvalue weighted by Gasteiger charge is -2.38. The number of carbonyl (C=O) groups is 1. The maximum absolute atomic E-state index is 12.9. The number of nitrogens with one attached hydrogen (secondary N) is 1. The Balaban J connectivity index is 1.39. The zero-order valence-corrected chi connectivity index (χ0v) is 18.0. The minimum Gasteiger partial charge on any atom is -0.488 e. The molecule has 0 unspecified atom stereocenters. The third kappa shape index (κ3) is 4.01. The van der Waals surface area contributed by atoms with Gasteiger partial charge in [-0.05, 0) is 36.6 Å². The summed E-state index contributed by atoms with van der Waals surface area (Å²) in [5.74, 6) is 0.886. The van der Waals surface area contributed by atoms with Crippen molar-refractivity contribution in [2.24, 2.45) is 0 Å². The minimum atomic E-state index is -0.746. The molecule has 7 heteroatoms. The molecule has 1 aliphatic heterocycles. The predicted octanol–water partition coefficient (Wildman–Crippen LogP) is 2.72. The highest BCUT2D eigenvalue weighted by atomic mass is 16.5. The monoisotopic (exact) mass is 433 g/mol. The van der Waals surface area contributed by atoms with Crippen molar-refractivity contribution in [2.75, 3.05) is 6.54 Å². The van der Waals surface area contributed by atoms with E-state index in [1.54, 1.807) is 6.92 Å². The van der Waals surface area contributed by atoms with E-state index >= 15 is 0 Å². The molecule has 2 heterocycles. The van der Waals surface area contributed by atoms with Gasteiger partial charge in [-0.3, -0.25) is 9.69 Å². The molecule has 0 bridgehead atoms. The summed E-state index contributed by atoms with van der Waals surface area (Å²) in [5.41, 5.74) is 2.87. The summed E-state index contributed by atoms with van der Waals surface area (Å²) < 4.78 is 11.3. The van der Waals surface area contributed by atoms with E-state index in [4.69, 9.17) is 9.15 Å². The Kier molecular flexibility index (Phi) is 5.68. The number of fused-ring (bicyclic) bond motifs is 1. The summed E-state index contributed by atoms with van der Waals surface area (Å²) in [6.45, 7) is 3.25. The van der Waals surface area contributed by atoms with E-state index in [1.165, 1.54) is 17.5 Å². The van der Waals surface area contributed by atoms with Gasteiger partial charge in [-0.1, -0.05) is 42.5 Å². The zero-order chi connectivity index (χ0) is 22.1. The Morgan fingerprint density at radius 1 is 1.16 bits per heavy atom. The van der Waals surface area contributed by atoms with Gasteiger partial charge >= 0.3 is 0 Å². The summed E-state index contributed by atoms with van der Waals surface area (Å²) in [6.07, 6.45) is 1.51. The quantitative estimate of drug-likeness (QED) is 0.643. The summed E-state index contributed by atoms with van der Waals surface area (Å²) in [7, 11) is 0. The molecule has 2 aromatic carbocycles. The highest BCUT2D eigenvalue weighted by Crippen LogP contribution is 2.32. The van der Waals surface area contributed by atoms with Gasteiger partial charge in [0.1, 0.15) is 23.7 Å². The smallest absolute Gasteiger partial charge is 0.273 e. The Morgan fingerprint density at radius 2 is 1.91 bits per heavy atom. The average molecular weight is 434 g/mol. The number of carbonyl (C=O) groups excluding carboxylic acids is 1. The van der Waals surface area contributed by atoms with Crippen molar-refractivity contribution in [1.29, 1.82) is 0 Å². The van der Waals surface area contributed by atoms with Gasteiger partial charge in [-0.25, -0.2) is 4.98 Å². The van der Waals surface area contributed by atoms with Crippen LogP contribution in [0.5, 0.6) is 5.75 Å². The van der Waals surface area contributed by atoms with Gasteiger partial charge in [0.2, 0.25) is 0 Å². The lowest BCUT2D eigenvalue weighted by molar-refractivity contribution is 0.00258. The van der Waals surface area contributed by atoms with E-state index in [-0.39, 0.29) is 23.7 Å². The first kappa shape index (κ1) is 20.7. The summed E-state index contributed by atoms with van der Waals surface area (Å²) in [4.78, 5) is 19.2. The van der Waals surface area contributed by atoms with Crippen LogP contribution in [0.2, 0.25) is 0 Å². The maximum Gasteiger partial charge on any atom is 0.273 e. The Morgan fingerprint density at radius 3 is 2.66 bits per heavy atom. The summed E-state index contributed by atoms with van der Waals surface area (Å²) in [5, 5.41) is 14.4. The van der Waals surface area contributed by atoms with Crippen LogP contribution in [0.25, 0.3) is 0 Å². The standard InChI is InChI=1S/C25H27N3O4/c1-16-22(26-15-31-16)25(30)27-20-13-21(32-19-9-3-2-4-10-19)24(29)23(20)28-12-11-17-7-5-6-8-18(17)14-28/h2-10,15,20-21,23-24,29H,11-14H2,1H3,(H,27,30)/t20-,21-,23+,24+/m1/s1. The largest absolute Gasteiger partial charge is 0.488 e. The number of benzene rings is 2. The lowest BCUT2D eigenvalue weighted by Crippen LogP contribution is -2.54. The molecule has 1 aromatic heterocycles. The molecular weight excluding hydrogens is 406 g/mol. The van der Waals surface area contributed by atoms with E-state index in [1.807, 2.05) is 36.4 Å². The number of oxazole rings is 1. The van der Waals surface area contributed by atoms with Crippen molar-refractivity contribution in [3.05, 3.63) is 83.6 Å². The molecular formula is C25H27N3O4. The van der Waals surface area contributed by atoms with Crippen LogP contribution in [-0.4, -0.2) is 51.7 Å². The number of rotatable bonds is 5. The molecule has 32 heavy (non-hydrogen) atoms. The first-order valence-electron chi connectivity index (χ1n) is 11.0. The van der Waals surface area contributed by atoms with Crippen LogP contribution >= 0.6 is 0 Å². The van der Waals surface area contributed by atoms with Crippen molar-refractivity contribution >= 4 is 5.91 Å². The molecule has 2 aliphatic rings. The molecule has 1 saturated carbocycles. The van der Waals surface area contributed by atoms with Gasteiger partial charge in [0, 0.05) is 19.5 Å². The van der Waals surface area contributed by atoms with E-state index in [0.717, 1.165) is 19.5 Å². The van der Waals surface area contributed by atoms with E-state index in [0.29, 0.717) is 17.9 Å². The molecule has 0 spiro atoms. The minimum absolute atomic E-state index is 0.270. The molecule has 1 fully saturated rings. The van der Waals surface area contributed by atoms with Gasteiger partial charge in [0.15, 0.2) is 12.1 Å². The highest BCUT2D eigenvalue weighted by molar-refractivity contribution is 5.93. The number of aliphatic hydroxyl groups excluding tert-OH is 1. The van der Waals surface area contributed by atoms with Crippen LogP contribution in [0.4, 0.5) is 0 Å². The van der Waals surface area contributed by atoms with Crippen molar-refractivity contribution in [1.82, 2.24) is 15.2 Å². The van der Waals surface area contributed by atoms with Crippen LogP contribution in [0.3, 0.4) is 0 Å². The Hall–Kier alpha value is -3.16. The van der Waals surface area contributed by atoms with E-state index < -0.39 is 12.2 Å². The van der Waals surface area contributed by atoms with Crippen molar-refractivity contribution in [3.63, 3.8) is 0 Å². The van der Waals surface area contributed by atoms with Gasteiger partial charge < -0.3 is 19.6 Å². The molecule has 166 valence electrons. The number of hydrogen-bond donors (Lipinski definition) is 2. The van der Waals surface area contributed by atoms with Gasteiger partial charge in [0.05, 0.1) is 12.1 Å². The normalized spacial score (nSPS) is 25.3. The summed E-state index contributed by atoms with van der Waals surface area (Å²) >= 11 is 0. The number of hydrogen-bond acceptors (Lipinski definition) is 6. The van der Waals surface area contributed by atoms with Gasteiger partial charge in [0.25, 0.3) is 5.91 Å². The zero-order valence-electron chi connectivity index (χ0n) is 18.0. The number of aryl methyl sites for hydroxylation is 1. The SMILES string of the molecule is Cc1ocnc1C(=O)N[C@@H]1C[C@@H](Oc2ccccc2)[C@H](O)[C@H]1N1CCc2ccccc2C1. The van der Waals surface area contributed by atoms with E-state index in [2.05, 4.69) is 33.4 Å². The average Bonchev–Trinajstić information content (AvgIpc) is 3.37. The van der Waals surface area contributed by atoms with Crippen LogP contribution in [0.1, 0.15) is 33.8 Å². The highest BCUT2D eigenvalue weighted by Gasteiger charge is 2.48.